The molecule has 0 N–H and O–H groups in total. The Hall–Kier alpha value is -4.83. The first-order chi connectivity index (χ1) is 24.8. The number of para-hydroxylation sites is 2. The fourth-order valence-corrected chi connectivity index (χ4v) is 12.7. The van der Waals surface area contributed by atoms with Crippen LogP contribution in [-0.4, -0.2) is 19.7 Å². The van der Waals surface area contributed by atoms with Gasteiger partial charge < -0.3 is 14.0 Å². The quantitative estimate of drug-likeness (QED) is 0.184. The number of imidazole rings is 1. The fourth-order valence-electron chi connectivity index (χ4n) is 12.7. The Morgan fingerprint density at radius 1 is 0.588 bits per heavy atom. The molecule has 51 heavy (non-hydrogen) atoms. The van der Waals surface area contributed by atoms with Crippen molar-refractivity contribution in [1.82, 2.24) is 14.1 Å². The second-order valence-electron chi connectivity index (χ2n) is 17.7. The van der Waals surface area contributed by atoms with Crippen LogP contribution in [0.1, 0.15) is 70.9 Å². The molecular formula is C47H44N4. The Bertz CT molecular complexity index is 2590. The minimum Gasteiger partial charge on any atom is -0.309 e. The second kappa shape index (κ2) is 9.33. The van der Waals surface area contributed by atoms with Crippen LogP contribution in [0.15, 0.2) is 109 Å². The highest BCUT2D eigenvalue weighted by atomic mass is 15.4. The van der Waals surface area contributed by atoms with Crippen LogP contribution in [0.5, 0.6) is 0 Å². The predicted molar refractivity (Wildman–Crippen MR) is 209 cm³/mol. The molecule has 4 saturated carbocycles. The van der Waals surface area contributed by atoms with E-state index in [0.717, 1.165) is 35.1 Å². The van der Waals surface area contributed by atoms with Crippen molar-refractivity contribution in [2.75, 3.05) is 4.90 Å². The Morgan fingerprint density at radius 3 is 2.06 bits per heavy atom. The van der Waals surface area contributed by atoms with Crippen molar-refractivity contribution in [3.8, 4) is 16.8 Å². The largest absolute Gasteiger partial charge is 0.309 e. The average molecular weight is 665 g/mol. The van der Waals surface area contributed by atoms with Gasteiger partial charge in [-0.2, -0.15) is 0 Å². The van der Waals surface area contributed by atoms with E-state index in [2.05, 4.69) is 151 Å². The normalized spacial score (nSPS) is 27.6. The topological polar surface area (TPSA) is 26.0 Å². The summed E-state index contributed by atoms with van der Waals surface area (Å²) in [5.41, 5.74) is 13.1. The van der Waals surface area contributed by atoms with Crippen LogP contribution in [-0.2, 0) is 11.0 Å². The summed E-state index contributed by atoms with van der Waals surface area (Å²) in [5, 5.41) is 2.56. The molecule has 4 heteroatoms. The number of hydrogen-bond donors (Lipinski definition) is 0. The monoisotopic (exact) mass is 664 g/mol. The first-order valence-electron chi connectivity index (χ1n) is 19.3. The minimum absolute atomic E-state index is 0.140. The summed E-state index contributed by atoms with van der Waals surface area (Å²) in [6, 6.07) is 41.2. The highest BCUT2D eigenvalue weighted by Gasteiger charge is 2.62. The van der Waals surface area contributed by atoms with E-state index in [4.69, 9.17) is 4.98 Å². The van der Waals surface area contributed by atoms with Gasteiger partial charge in [-0.3, -0.25) is 0 Å². The molecule has 0 atom stereocenters. The van der Waals surface area contributed by atoms with E-state index in [1.807, 2.05) is 0 Å². The molecule has 0 radical (unpaired) electrons. The summed E-state index contributed by atoms with van der Waals surface area (Å²) in [5.74, 6) is 4.41. The van der Waals surface area contributed by atoms with Gasteiger partial charge in [0, 0.05) is 21.9 Å². The maximum Gasteiger partial charge on any atom is 0.212 e. The van der Waals surface area contributed by atoms with Gasteiger partial charge in [0.1, 0.15) is 0 Å². The Morgan fingerprint density at radius 2 is 1.27 bits per heavy atom. The van der Waals surface area contributed by atoms with Gasteiger partial charge in [-0.15, -0.1) is 0 Å². The van der Waals surface area contributed by atoms with Crippen LogP contribution >= 0.6 is 0 Å². The number of rotatable bonds is 2. The van der Waals surface area contributed by atoms with Crippen molar-refractivity contribution >= 4 is 44.5 Å². The average Bonchev–Trinajstić information content (AvgIpc) is 3.80. The lowest BCUT2D eigenvalue weighted by molar-refractivity contribution is -0.0399. The molecule has 2 aromatic heterocycles. The summed E-state index contributed by atoms with van der Waals surface area (Å²) >= 11 is 0. The zero-order valence-corrected chi connectivity index (χ0v) is 30.0. The molecule has 1 aliphatic heterocycles. The first kappa shape index (κ1) is 28.8. The second-order valence-corrected chi connectivity index (χ2v) is 17.7. The SMILES string of the molecule is CC1(C)N(c2cccc3c2c2ccccc2n3-c2ccccc2)c2nc3cc4c(cc3n2C1(C)C)-c1ccccc1C41C2CC3CC(C2)CC1C3. The number of aromatic nitrogens is 3. The summed E-state index contributed by atoms with van der Waals surface area (Å²) in [4.78, 5) is 8.29. The van der Waals surface area contributed by atoms with Crippen molar-refractivity contribution in [2.45, 2.75) is 76.3 Å². The molecule has 3 heterocycles. The van der Waals surface area contributed by atoms with Crippen LogP contribution in [0.2, 0.25) is 0 Å². The van der Waals surface area contributed by atoms with E-state index in [0.29, 0.717) is 0 Å². The van der Waals surface area contributed by atoms with Gasteiger partial charge >= 0.3 is 0 Å². The van der Waals surface area contributed by atoms with Gasteiger partial charge in [0.05, 0.1) is 38.8 Å². The molecular weight excluding hydrogens is 621 g/mol. The van der Waals surface area contributed by atoms with E-state index in [1.54, 1.807) is 11.1 Å². The van der Waals surface area contributed by atoms with Crippen molar-refractivity contribution in [3.05, 3.63) is 120 Å². The zero-order chi connectivity index (χ0) is 34.0. The summed E-state index contributed by atoms with van der Waals surface area (Å²) in [6.45, 7) is 9.67. The molecule has 0 amide bonds. The Labute approximate surface area is 299 Å². The van der Waals surface area contributed by atoms with E-state index < -0.39 is 0 Å². The maximum atomic E-state index is 5.71. The summed E-state index contributed by atoms with van der Waals surface area (Å²) < 4.78 is 5.01. The van der Waals surface area contributed by atoms with E-state index in [-0.39, 0.29) is 16.5 Å². The third-order valence-corrected chi connectivity index (χ3v) is 15.1. The standard InChI is InChI=1S/C47H44N4/c1-45(2)46(3,4)51-42-26-35-33-15-8-10-17-36(33)47(30-22-28-21-29(24-30)25-31(47)23-28)37(35)27-38(42)48-44(51)50(45)41-20-12-19-40-43(41)34-16-9-11-18-39(34)49(40)32-13-6-5-7-14-32/h5-20,26-31H,21-25H2,1-4H3. The lowest BCUT2D eigenvalue weighted by Gasteiger charge is -2.61. The van der Waals surface area contributed by atoms with Gasteiger partial charge in [0.2, 0.25) is 5.95 Å². The summed E-state index contributed by atoms with van der Waals surface area (Å²) in [6.07, 6.45) is 7.06. The number of benzene rings is 5. The smallest absolute Gasteiger partial charge is 0.212 e. The maximum absolute atomic E-state index is 5.71. The third kappa shape index (κ3) is 3.28. The van der Waals surface area contributed by atoms with Gasteiger partial charge in [-0.05, 0) is 148 Å². The van der Waals surface area contributed by atoms with E-state index >= 15 is 0 Å². The molecule has 5 aromatic carbocycles. The minimum atomic E-state index is -0.257. The Balaban J connectivity index is 1.12. The van der Waals surface area contributed by atoms with Crippen LogP contribution in [0.3, 0.4) is 0 Å². The molecule has 4 nitrogen and oxygen atoms in total. The fraction of sp³-hybridized carbons (Fsp3) is 0.340. The van der Waals surface area contributed by atoms with E-state index in [1.165, 1.54) is 81.9 Å². The van der Waals surface area contributed by atoms with Crippen molar-refractivity contribution < 1.29 is 0 Å². The number of anilines is 2. The molecule has 252 valence electrons. The summed E-state index contributed by atoms with van der Waals surface area (Å²) in [7, 11) is 0. The third-order valence-electron chi connectivity index (χ3n) is 15.1. The van der Waals surface area contributed by atoms with E-state index in [9.17, 15) is 0 Å². The number of hydrogen-bond acceptors (Lipinski definition) is 2. The van der Waals surface area contributed by atoms with Crippen molar-refractivity contribution in [1.29, 1.82) is 0 Å². The van der Waals surface area contributed by atoms with Crippen LogP contribution in [0.4, 0.5) is 11.6 Å². The van der Waals surface area contributed by atoms with Crippen LogP contribution in [0.25, 0.3) is 49.7 Å². The molecule has 6 aliphatic rings. The lowest BCUT2D eigenvalue weighted by Crippen LogP contribution is -2.55. The Kier molecular flexibility index (Phi) is 5.27. The molecule has 7 aromatic rings. The first-order valence-corrected chi connectivity index (χ1v) is 19.3. The van der Waals surface area contributed by atoms with Gasteiger partial charge in [0.25, 0.3) is 0 Å². The van der Waals surface area contributed by atoms with Crippen molar-refractivity contribution in [2.24, 2.45) is 23.7 Å². The number of nitrogens with zero attached hydrogens (tertiary/aromatic N) is 4. The van der Waals surface area contributed by atoms with Gasteiger partial charge in [-0.1, -0.05) is 66.7 Å². The molecule has 13 rings (SSSR count). The highest BCUT2D eigenvalue weighted by Crippen LogP contribution is 2.70. The molecule has 0 saturated heterocycles. The molecule has 0 unspecified atom stereocenters. The lowest BCUT2D eigenvalue weighted by atomic mass is 9.43. The van der Waals surface area contributed by atoms with Crippen LogP contribution < -0.4 is 4.90 Å². The number of fused-ring (bicyclic) bond motifs is 9. The zero-order valence-electron chi connectivity index (χ0n) is 30.0. The highest BCUT2D eigenvalue weighted by molar-refractivity contribution is 6.16. The molecule has 4 bridgehead atoms. The molecule has 5 aliphatic carbocycles. The molecule has 1 spiro atoms. The van der Waals surface area contributed by atoms with Crippen molar-refractivity contribution in [3.63, 3.8) is 0 Å². The van der Waals surface area contributed by atoms with Crippen LogP contribution in [0, 0.1) is 23.7 Å². The molecule has 4 fully saturated rings. The van der Waals surface area contributed by atoms with Gasteiger partial charge in [-0.25, -0.2) is 4.98 Å². The predicted octanol–water partition coefficient (Wildman–Crippen LogP) is 11.5. The van der Waals surface area contributed by atoms with Gasteiger partial charge in [0.15, 0.2) is 0 Å².